The first-order valence-corrected chi connectivity index (χ1v) is 6.49. The number of Topliss-reactive ketones (excluding diaryl/α,β-unsaturated/α-hetero) is 1. The molecule has 0 aromatic heterocycles. The molecule has 19 heavy (non-hydrogen) atoms. The standard InChI is InChI=1S/C16H16ClNO/c1-10-3-4-12(14(17)7-10)9-16(19)13-5-6-15(18)11(2)8-13/h3-8H,9,18H2,1-2H3. The van der Waals surface area contributed by atoms with Crippen molar-refractivity contribution < 1.29 is 4.79 Å². The molecule has 2 rings (SSSR count). The SMILES string of the molecule is Cc1ccc(CC(=O)c2ccc(N)c(C)c2)c(Cl)c1. The van der Waals surface area contributed by atoms with Crippen molar-refractivity contribution in [1.29, 1.82) is 0 Å². The molecule has 0 aliphatic carbocycles. The third-order valence-corrected chi connectivity index (χ3v) is 3.50. The van der Waals surface area contributed by atoms with Crippen LogP contribution in [0.5, 0.6) is 0 Å². The molecule has 0 saturated heterocycles. The number of nitrogens with two attached hydrogens (primary N) is 1. The number of nitrogen functional groups attached to an aromatic ring is 1. The third-order valence-electron chi connectivity index (χ3n) is 3.15. The highest BCUT2D eigenvalue weighted by molar-refractivity contribution is 6.31. The van der Waals surface area contributed by atoms with Crippen molar-refractivity contribution in [1.82, 2.24) is 0 Å². The van der Waals surface area contributed by atoms with Gasteiger partial charge < -0.3 is 5.73 Å². The molecular formula is C16H16ClNO. The number of anilines is 1. The number of benzene rings is 2. The Morgan fingerprint density at radius 1 is 1.16 bits per heavy atom. The van der Waals surface area contributed by atoms with Gasteiger partial charge in [-0.05, 0) is 54.8 Å². The molecule has 0 atom stereocenters. The van der Waals surface area contributed by atoms with Crippen LogP contribution in [0.4, 0.5) is 5.69 Å². The smallest absolute Gasteiger partial charge is 0.167 e. The number of ketones is 1. The monoisotopic (exact) mass is 273 g/mol. The van der Waals surface area contributed by atoms with Crippen molar-refractivity contribution in [2.45, 2.75) is 20.3 Å². The molecule has 0 amide bonds. The average molecular weight is 274 g/mol. The van der Waals surface area contributed by atoms with E-state index in [1.165, 1.54) is 0 Å². The summed E-state index contributed by atoms with van der Waals surface area (Å²) in [6.45, 7) is 3.87. The molecule has 3 heteroatoms. The molecule has 0 unspecified atom stereocenters. The van der Waals surface area contributed by atoms with E-state index in [-0.39, 0.29) is 5.78 Å². The Morgan fingerprint density at radius 3 is 2.53 bits per heavy atom. The van der Waals surface area contributed by atoms with Crippen LogP contribution in [0.1, 0.15) is 27.0 Å². The van der Waals surface area contributed by atoms with Gasteiger partial charge >= 0.3 is 0 Å². The Morgan fingerprint density at radius 2 is 1.89 bits per heavy atom. The summed E-state index contributed by atoms with van der Waals surface area (Å²) in [5, 5.41) is 0.639. The molecule has 0 aliphatic heterocycles. The highest BCUT2D eigenvalue weighted by Gasteiger charge is 2.10. The summed E-state index contributed by atoms with van der Waals surface area (Å²) in [6.07, 6.45) is 0.308. The summed E-state index contributed by atoms with van der Waals surface area (Å²) in [6, 6.07) is 11.1. The number of halogens is 1. The maximum absolute atomic E-state index is 12.2. The van der Waals surface area contributed by atoms with E-state index in [1.54, 1.807) is 12.1 Å². The number of hydrogen-bond acceptors (Lipinski definition) is 2. The van der Waals surface area contributed by atoms with Crippen LogP contribution in [0.25, 0.3) is 0 Å². The molecule has 0 radical (unpaired) electrons. The van der Waals surface area contributed by atoms with E-state index < -0.39 is 0 Å². The Bertz CT molecular complexity index is 635. The van der Waals surface area contributed by atoms with Crippen LogP contribution >= 0.6 is 11.6 Å². The van der Waals surface area contributed by atoms with Gasteiger partial charge in [0.25, 0.3) is 0 Å². The van der Waals surface area contributed by atoms with Gasteiger partial charge in [0.1, 0.15) is 0 Å². The molecule has 0 heterocycles. The fraction of sp³-hybridized carbons (Fsp3) is 0.188. The van der Waals surface area contributed by atoms with Crippen molar-refractivity contribution in [3.05, 3.63) is 63.7 Å². The van der Waals surface area contributed by atoms with Crippen molar-refractivity contribution in [2.75, 3.05) is 5.73 Å². The first kappa shape index (κ1) is 13.6. The minimum absolute atomic E-state index is 0.0499. The summed E-state index contributed by atoms with van der Waals surface area (Å²) < 4.78 is 0. The zero-order valence-electron chi connectivity index (χ0n) is 11.0. The van der Waals surface area contributed by atoms with Crippen LogP contribution in [0.15, 0.2) is 36.4 Å². The van der Waals surface area contributed by atoms with Gasteiger partial charge in [-0.15, -0.1) is 0 Å². The van der Waals surface area contributed by atoms with Crippen molar-refractivity contribution in [3.63, 3.8) is 0 Å². The van der Waals surface area contributed by atoms with Gasteiger partial charge in [-0.1, -0.05) is 23.7 Å². The normalized spacial score (nSPS) is 10.5. The summed E-state index contributed by atoms with van der Waals surface area (Å²) >= 11 is 6.15. The molecular weight excluding hydrogens is 258 g/mol. The topological polar surface area (TPSA) is 43.1 Å². The summed E-state index contributed by atoms with van der Waals surface area (Å²) in [7, 11) is 0. The first-order chi connectivity index (χ1) is 8.97. The lowest BCUT2D eigenvalue weighted by Gasteiger charge is -2.07. The van der Waals surface area contributed by atoms with Crippen LogP contribution in [0.2, 0.25) is 5.02 Å². The largest absolute Gasteiger partial charge is 0.399 e. The lowest BCUT2D eigenvalue weighted by Crippen LogP contribution is -2.05. The highest BCUT2D eigenvalue weighted by atomic mass is 35.5. The van der Waals surface area contributed by atoms with Crippen molar-refractivity contribution in [2.24, 2.45) is 0 Å². The van der Waals surface area contributed by atoms with Crippen molar-refractivity contribution in [3.8, 4) is 0 Å². The third kappa shape index (κ3) is 3.15. The molecule has 0 aliphatic rings. The molecule has 98 valence electrons. The Hall–Kier alpha value is -1.80. The molecule has 2 N–H and O–H groups in total. The maximum atomic E-state index is 12.2. The maximum Gasteiger partial charge on any atom is 0.167 e. The number of carbonyl (C=O) groups is 1. The Kier molecular flexibility index (Phi) is 3.91. The van der Waals surface area contributed by atoms with E-state index in [4.69, 9.17) is 17.3 Å². The minimum Gasteiger partial charge on any atom is -0.399 e. The van der Waals surface area contributed by atoms with E-state index in [1.807, 2.05) is 38.1 Å². The number of aryl methyl sites for hydroxylation is 2. The predicted octanol–water partition coefficient (Wildman–Crippen LogP) is 3.96. The molecule has 2 nitrogen and oxygen atoms in total. The summed E-state index contributed by atoms with van der Waals surface area (Å²) in [4.78, 5) is 12.2. The molecule has 2 aromatic rings. The van der Waals surface area contributed by atoms with E-state index >= 15 is 0 Å². The van der Waals surface area contributed by atoms with Gasteiger partial charge in [0, 0.05) is 22.7 Å². The highest BCUT2D eigenvalue weighted by Crippen LogP contribution is 2.20. The van der Waals surface area contributed by atoms with E-state index in [0.29, 0.717) is 22.7 Å². The predicted molar refractivity (Wildman–Crippen MR) is 79.8 cm³/mol. The van der Waals surface area contributed by atoms with Crippen LogP contribution in [-0.2, 0) is 6.42 Å². The van der Waals surface area contributed by atoms with Gasteiger partial charge in [-0.3, -0.25) is 4.79 Å². The first-order valence-electron chi connectivity index (χ1n) is 6.11. The van der Waals surface area contributed by atoms with Gasteiger partial charge in [-0.2, -0.15) is 0 Å². The quantitative estimate of drug-likeness (QED) is 0.679. The van der Waals surface area contributed by atoms with E-state index in [0.717, 1.165) is 16.7 Å². The fourth-order valence-corrected chi connectivity index (χ4v) is 2.22. The van der Waals surface area contributed by atoms with Crippen molar-refractivity contribution >= 4 is 23.1 Å². The lowest BCUT2D eigenvalue weighted by molar-refractivity contribution is 0.0993. The Labute approximate surface area is 118 Å². The second kappa shape index (κ2) is 5.45. The van der Waals surface area contributed by atoms with Crippen LogP contribution < -0.4 is 5.73 Å². The number of carbonyl (C=O) groups excluding carboxylic acids is 1. The van der Waals surface area contributed by atoms with E-state index in [9.17, 15) is 4.79 Å². The average Bonchev–Trinajstić information content (AvgIpc) is 2.36. The second-order valence-electron chi connectivity index (χ2n) is 4.77. The number of rotatable bonds is 3. The van der Waals surface area contributed by atoms with E-state index in [2.05, 4.69) is 0 Å². The fourth-order valence-electron chi connectivity index (χ4n) is 1.92. The van der Waals surface area contributed by atoms with Crippen LogP contribution in [0.3, 0.4) is 0 Å². The number of hydrogen-bond donors (Lipinski definition) is 1. The molecule has 0 spiro atoms. The molecule has 0 saturated carbocycles. The van der Waals surface area contributed by atoms with Gasteiger partial charge in [0.05, 0.1) is 0 Å². The Balaban J connectivity index is 2.23. The molecule has 0 fully saturated rings. The van der Waals surface area contributed by atoms with Crippen LogP contribution in [0, 0.1) is 13.8 Å². The van der Waals surface area contributed by atoms with Gasteiger partial charge in [0.2, 0.25) is 0 Å². The molecule has 0 bridgehead atoms. The van der Waals surface area contributed by atoms with Gasteiger partial charge in [-0.25, -0.2) is 0 Å². The summed E-state index contributed by atoms with van der Waals surface area (Å²) in [5.74, 6) is 0.0499. The van der Waals surface area contributed by atoms with Crippen LogP contribution in [-0.4, -0.2) is 5.78 Å². The lowest BCUT2D eigenvalue weighted by atomic mass is 10.00. The molecule has 2 aromatic carbocycles. The zero-order valence-corrected chi connectivity index (χ0v) is 11.8. The zero-order chi connectivity index (χ0) is 14.0. The summed E-state index contributed by atoms with van der Waals surface area (Å²) in [5.41, 5.74) is 9.98. The minimum atomic E-state index is 0.0499. The van der Waals surface area contributed by atoms with Gasteiger partial charge in [0.15, 0.2) is 5.78 Å². The second-order valence-corrected chi connectivity index (χ2v) is 5.17.